The van der Waals surface area contributed by atoms with Gasteiger partial charge >= 0.3 is 0 Å². The number of aliphatic hydroxyl groups is 4. The lowest BCUT2D eigenvalue weighted by Gasteiger charge is -2.46. The average molecular weight is 453 g/mol. The van der Waals surface area contributed by atoms with Crippen LogP contribution in [0.2, 0.25) is 0 Å². The SMILES string of the molecule is NCCN(CCN)CCO[C@@H]1[C@@H](O)[C@H](N)C[C@H](N)[C@H]1O[C@H]1O[C@H](CO)[C@@H](O)[C@H](O)[C@H]1N. The number of nitrogens with two attached hydrogens (primary N) is 5. The minimum atomic E-state index is -1.37. The van der Waals surface area contributed by atoms with Crippen LogP contribution < -0.4 is 28.7 Å². The Balaban J connectivity index is 2.07. The van der Waals surface area contributed by atoms with E-state index in [2.05, 4.69) is 0 Å². The molecule has 1 aliphatic carbocycles. The highest BCUT2D eigenvalue weighted by Crippen LogP contribution is 2.28. The third-order valence-electron chi connectivity index (χ3n) is 5.89. The standard InChI is InChI=1S/C18H40N6O7/c19-1-3-24(4-2-20)5-6-29-17-13(26)9(21)7-10(22)16(17)31-18-12(23)15(28)14(27)11(8-25)30-18/h9-18,25-28H,1-8,19-23H2/t9-,10+,11-,12-,13+,14-,15-,16-,17-,18-/m1/s1. The van der Waals surface area contributed by atoms with Crippen molar-refractivity contribution in [1.82, 2.24) is 4.90 Å². The zero-order chi connectivity index (χ0) is 23.1. The third-order valence-corrected chi connectivity index (χ3v) is 5.89. The van der Waals surface area contributed by atoms with Gasteiger partial charge in [-0.15, -0.1) is 0 Å². The molecule has 0 aromatic carbocycles. The van der Waals surface area contributed by atoms with Crippen LogP contribution in [0.15, 0.2) is 0 Å². The van der Waals surface area contributed by atoms with Crippen molar-refractivity contribution in [2.45, 2.75) is 67.5 Å². The van der Waals surface area contributed by atoms with Gasteiger partial charge < -0.3 is 63.3 Å². The van der Waals surface area contributed by atoms with Gasteiger partial charge in [-0.2, -0.15) is 0 Å². The molecule has 184 valence electrons. The largest absolute Gasteiger partial charge is 0.394 e. The zero-order valence-electron chi connectivity index (χ0n) is 17.8. The topological polar surface area (TPSA) is 242 Å². The Morgan fingerprint density at radius 1 is 0.871 bits per heavy atom. The van der Waals surface area contributed by atoms with Gasteiger partial charge in [0.2, 0.25) is 0 Å². The molecule has 14 N–H and O–H groups in total. The van der Waals surface area contributed by atoms with Crippen LogP contribution in [0, 0.1) is 0 Å². The molecule has 1 saturated carbocycles. The molecular formula is C18H40N6O7. The Kier molecular flexibility index (Phi) is 10.9. The summed E-state index contributed by atoms with van der Waals surface area (Å²) in [5, 5.41) is 40.2. The highest BCUT2D eigenvalue weighted by atomic mass is 16.7. The normalized spacial score (nSPS) is 41.6. The van der Waals surface area contributed by atoms with E-state index in [1.54, 1.807) is 0 Å². The van der Waals surface area contributed by atoms with E-state index in [1.165, 1.54) is 0 Å². The van der Waals surface area contributed by atoms with Crippen LogP contribution >= 0.6 is 0 Å². The van der Waals surface area contributed by atoms with Crippen molar-refractivity contribution in [2.75, 3.05) is 45.9 Å². The minimum absolute atomic E-state index is 0.249. The molecule has 13 nitrogen and oxygen atoms in total. The molecule has 2 rings (SSSR count). The van der Waals surface area contributed by atoms with Crippen molar-refractivity contribution in [3.8, 4) is 0 Å². The summed E-state index contributed by atoms with van der Waals surface area (Å²) >= 11 is 0. The number of ether oxygens (including phenoxy) is 3. The minimum Gasteiger partial charge on any atom is -0.394 e. The van der Waals surface area contributed by atoms with Crippen LogP contribution in [0.1, 0.15) is 6.42 Å². The molecule has 0 bridgehead atoms. The fraction of sp³-hybridized carbons (Fsp3) is 1.00. The molecule has 1 saturated heterocycles. The first-order chi connectivity index (χ1) is 14.7. The molecule has 0 amide bonds. The van der Waals surface area contributed by atoms with Crippen LogP contribution in [0.5, 0.6) is 0 Å². The molecule has 1 heterocycles. The van der Waals surface area contributed by atoms with E-state index in [1.807, 2.05) is 4.90 Å². The second-order valence-electron chi connectivity index (χ2n) is 8.19. The van der Waals surface area contributed by atoms with E-state index in [0.717, 1.165) is 0 Å². The Hall–Kier alpha value is -0.520. The van der Waals surface area contributed by atoms with E-state index in [0.29, 0.717) is 32.7 Å². The summed E-state index contributed by atoms with van der Waals surface area (Å²) in [5.41, 5.74) is 29.5. The number of nitrogens with zero attached hydrogens (tertiary/aromatic N) is 1. The first kappa shape index (κ1) is 26.7. The molecule has 0 unspecified atom stereocenters. The molecule has 13 heteroatoms. The van der Waals surface area contributed by atoms with Gasteiger partial charge in [-0.1, -0.05) is 0 Å². The van der Waals surface area contributed by atoms with Gasteiger partial charge in [-0.05, 0) is 6.42 Å². The fourth-order valence-corrected chi connectivity index (χ4v) is 4.04. The Labute approximate surface area is 182 Å². The highest BCUT2D eigenvalue weighted by Gasteiger charge is 2.48. The van der Waals surface area contributed by atoms with Crippen LogP contribution in [0.25, 0.3) is 0 Å². The monoisotopic (exact) mass is 452 g/mol. The van der Waals surface area contributed by atoms with Crippen molar-refractivity contribution in [1.29, 1.82) is 0 Å². The second kappa shape index (κ2) is 12.6. The summed E-state index contributed by atoms with van der Waals surface area (Å²) < 4.78 is 17.4. The maximum atomic E-state index is 10.6. The summed E-state index contributed by atoms with van der Waals surface area (Å²) in [6.07, 6.45) is -7.47. The molecule has 0 spiro atoms. The number of rotatable bonds is 11. The predicted octanol–water partition coefficient (Wildman–Crippen LogP) is -5.84. The molecule has 31 heavy (non-hydrogen) atoms. The van der Waals surface area contributed by atoms with Crippen LogP contribution in [0.3, 0.4) is 0 Å². The Morgan fingerprint density at radius 2 is 1.52 bits per heavy atom. The lowest BCUT2D eigenvalue weighted by molar-refractivity contribution is -0.296. The Morgan fingerprint density at radius 3 is 2.10 bits per heavy atom. The fourth-order valence-electron chi connectivity index (χ4n) is 4.04. The molecule has 2 aliphatic rings. The first-order valence-electron chi connectivity index (χ1n) is 10.7. The molecular weight excluding hydrogens is 412 g/mol. The summed E-state index contributed by atoms with van der Waals surface area (Å²) in [7, 11) is 0. The first-order valence-corrected chi connectivity index (χ1v) is 10.7. The quantitative estimate of drug-likeness (QED) is 0.142. The number of hydrogen-bond acceptors (Lipinski definition) is 13. The van der Waals surface area contributed by atoms with Gasteiger partial charge in [0.1, 0.15) is 30.5 Å². The van der Waals surface area contributed by atoms with Crippen LogP contribution in [0.4, 0.5) is 0 Å². The molecule has 0 radical (unpaired) electrons. The smallest absolute Gasteiger partial charge is 0.176 e. The van der Waals surface area contributed by atoms with Gasteiger partial charge in [0, 0.05) is 44.8 Å². The van der Waals surface area contributed by atoms with E-state index in [4.69, 9.17) is 42.9 Å². The van der Waals surface area contributed by atoms with Crippen molar-refractivity contribution < 1.29 is 34.6 Å². The summed E-state index contributed by atoms with van der Waals surface area (Å²) in [5.74, 6) is 0. The Bertz CT molecular complexity index is 516. The van der Waals surface area contributed by atoms with Crippen molar-refractivity contribution in [3.63, 3.8) is 0 Å². The molecule has 2 fully saturated rings. The molecule has 1 aliphatic heterocycles. The second-order valence-corrected chi connectivity index (χ2v) is 8.19. The van der Waals surface area contributed by atoms with E-state index < -0.39 is 67.6 Å². The number of aliphatic hydroxyl groups excluding tert-OH is 4. The summed E-state index contributed by atoms with van der Waals surface area (Å²) in [6.45, 7) is 2.51. The van der Waals surface area contributed by atoms with Gasteiger partial charge in [0.15, 0.2) is 6.29 Å². The number of hydrogen-bond donors (Lipinski definition) is 9. The lowest BCUT2D eigenvalue weighted by Crippen LogP contribution is -2.67. The molecule has 0 aromatic rings. The van der Waals surface area contributed by atoms with Gasteiger partial charge in [0.05, 0.1) is 25.4 Å². The lowest BCUT2D eigenvalue weighted by atomic mass is 9.84. The summed E-state index contributed by atoms with van der Waals surface area (Å²) in [4.78, 5) is 2.04. The van der Waals surface area contributed by atoms with Gasteiger partial charge in [-0.25, -0.2) is 0 Å². The summed E-state index contributed by atoms with van der Waals surface area (Å²) in [6, 6.07) is -2.30. The maximum absolute atomic E-state index is 10.6. The maximum Gasteiger partial charge on any atom is 0.176 e. The van der Waals surface area contributed by atoms with Crippen molar-refractivity contribution in [3.05, 3.63) is 0 Å². The zero-order valence-corrected chi connectivity index (χ0v) is 17.8. The average Bonchev–Trinajstić information content (AvgIpc) is 2.74. The highest BCUT2D eigenvalue weighted by molar-refractivity contribution is 5.00. The van der Waals surface area contributed by atoms with Crippen LogP contribution in [-0.2, 0) is 14.2 Å². The molecule has 0 aromatic heterocycles. The van der Waals surface area contributed by atoms with E-state index in [-0.39, 0.29) is 13.0 Å². The third kappa shape index (κ3) is 6.74. The van der Waals surface area contributed by atoms with Crippen molar-refractivity contribution >= 4 is 0 Å². The van der Waals surface area contributed by atoms with Gasteiger partial charge in [0.25, 0.3) is 0 Å². The van der Waals surface area contributed by atoms with Gasteiger partial charge in [-0.3, -0.25) is 4.90 Å². The predicted molar refractivity (Wildman–Crippen MR) is 111 cm³/mol. The van der Waals surface area contributed by atoms with Crippen LogP contribution in [-0.4, -0.2) is 132 Å². The molecule has 10 atom stereocenters. The van der Waals surface area contributed by atoms with Crippen molar-refractivity contribution in [2.24, 2.45) is 28.7 Å². The van der Waals surface area contributed by atoms with E-state index in [9.17, 15) is 20.4 Å². The van der Waals surface area contributed by atoms with E-state index >= 15 is 0 Å².